The van der Waals surface area contributed by atoms with Crippen LogP contribution in [-0.4, -0.2) is 23.0 Å². The molecule has 128 valence electrons. The standard InChI is InChI=1S/C21H22N2O2/c1-25-21(24)20(12-17-4-2-3-5-17)19-10-8-16(9-11-19)6-7-18-13-22-15-23-14-18/h8-11,13-15,17,20H,2-5,12H2,1H3. The van der Waals surface area contributed by atoms with Crippen molar-refractivity contribution in [2.45, 2.75) is 38.0 Å². The minimum Gasteiger partial charge on any atom is -0.469 e. The number of carbonyl (C=O) groups is 1. The number of nitrogens with zero attached hydrogens (tertiary/aromatic N) is 2. The van der Waals surface area contributed by atoms with Crippen LogP contribution in [0.15, 0.2) is 43.0 Å². The Bertz CT molecular complexity index is 754. The SMILES string of the molecule is COC(=O)C(CC1CCCC1)c1ccc(C#Cc2cncnc2)cc1. The van der Waals surface area contributed by atoms with E-state index in [0.29, 0.717) is 5.92 Å². The number of aromatic nitrogens is 2. The summed E-state index contributed by atoms with van der Waals surface area (Å²) in [5.74, 6) is 6.43. The summed E-state index contributed by atoms with van der Waals surface area (Å²) in [6.45, 7) is 0. The average molecular weight is 334 g/mol. The van der Waals surface area contributed by atoms with Gasteiger partial charge in [0, 0.05) is 18.0 Å². The first-order valence-corrected chi connectivity index (χ1v) is 8.71. The molecule has 0 saturated heterocycles. The zero-order valence-corrected chi connectivity index (χ0v) is 14.4. The lowest BCUT2D eigenvalue weighted by molar-refractivity contribution is -0.142. The second-order valence-corrected chi connectivity index (χ2v) is 6.46. The first-order chi connectivity index (χ1) is 12.3. The van der Waals surface area contributed by atoms with E-state index in [9.17, 15) is 4.79 Å². The lowest BCUT2D eigenvalue weighted by atomic mass is 9.87. The van der Waals surface area contributed by atoms with Gasteiger partial charge in [-0.05, 0) is 30.0 Å². The topological polar surface area (TPSA) is 52.1 Å². The molecule has 1 fully saturated rings. The first-order valence-electron chi connectivity index (χ1n) is 8.71. The maximum atomic E-state index is 12.2. The van der Waals surface area contributed by atoms with Crippen LogP contribution >= 0.6 is 0 Å². The Hall–Kier alpha value is -2.67. The summed E-state index contributed by atoms with van der Waals surface area (Å²) in [5, 5.41) is 0. The van der Waals surface area contributed by atoms with Crippen LogP contribution in [0.4, 0.5) is 0 Å². The molecule has 0 radical (unpaired) electrons. The fraction of sp³-hybridized carbons (Fsp3) is 0.381. The molecule has 1 unspecified atom stereocenters. The molecule has 3 rings (SSSR count). The molecule has 1 saturated carbocycles. The molecule has 0 N–H and O–H groups in total. The average Bonchev–Trinajstić information content (AvgIpc) is 3.18. The van der Waals surface area contributed by atoms with Crippen molar-refractivity contribution < 1.29 is 9.53 Å². The van der Waals surface area contributed by atoms with Crippen LogP contribution in [0, 0.1) is 17.8 Å². The Morgan fingerprint density at radius 2 is 1.76 bits per heavy atom. The smallest absolute Gasteiger partial charge is 0.313 e. The number of hydrogen-bond acceptors (Lipinski definition) is 4. The van der Waals surface area contributed by atoms with E-state index in [4.69, 9.17) is 4.74 Å². The van der Waals surface area contributed by atoms with Gasteiger partial charge in [0.2, 0.25) is 0 Å². The first kappa shape index (κ1) is 17.2. The van der Waals surface area contributed by atoms with Crippen LogP contribution in [0.1, 0.15) is 54.7 Å². The van der Waals surface area contributed by atoms with Crippen molar-refractivity contribution in [2.75, 3.05) is 7.11 Å². The molecule has 0 amide bonds. The third kappa shape index (κ3) is 4.67. The lowest BCUT2D eigenvalue weighted by Crippen LogP contribution is -2.17. The highest BCUT2D eigenvalue weighted by atomic mass is 16.5. The van der Waals surface area contributed by atoms with Crippen LogP contribution in [0.25, 0.3) is 0 Å². The summed E-state index contributed by atoms with van der Waals surface area (Å²) < 4.78 is 5.03. The second kappa shape index (κ2) is 8.43. The van der Waals surface area contributed by atoms with Crippen molar-refractivity contribution >= 4 is 5.97 Å². The molecule has 1 heterocycles. The molecular formula is C21H22N2O2. The highest BCUT2D eigenvalue weighted by Gasteiger charge is 2.27. The Balaban J connectivity index is 1.74. The number of ether oxygens (including phenoxy) is 1. The van der Waals surface area contributed by atoms with Crippen molar-refractivity contribution in [2.24, 2.45) is 5.92 Å². The second-order valence-electron chi connectivity index (χ2n) is 6.46. The maximum absolute atomic E-state index is 12.2. The quantitative estimate of drug-likeness (QED) is 0.632. The van der Waals surface area contributed by atoms with E-state index < -0.39 is 0 Å². The van der Waals surface area contributed by atoms with Gasteiger partial charge >= 0.3 is 5.97 Å². The fourth-order valence-electron chi connectivity index (χ4n) is 3.40. The van der Waals surface area contributed by atoms with Crippen LogP contribution in [-0.2, 0) is 9.53 Å². The lowest BCUT2D eigenvalue weighted by Gasteiger charge is -2.19. The van der Waals surface area contributed by atoms with Crippen molar-refractivity contribution in [3.05, 3.63) is 59.7 Å². The van der Waals surface area contributed by atoms with Crippen molar-refractivity contribution in [3.8, 4) is 11.8 Å². The molecule has 1 aliphatic rings. The van der Waals surface area contributed by atoms with E-state index >= 15 is 0 Å². The number of benzene rings is 1. The van der Waals surface area contributed by atoms with Gasteiger partial charge in [-0.15, -0.1) is 0 Å². The molecular weight excluding hydrogens is 312 g/mol. The Morgan fingerprint density at radius 3 is 2.40 bits per heavy atom. The predicted octanol–water partition coefficient (Wildman–Crippen LogP) is 3.71. The van der Waals surface area contributed by atoms with E-state index in [-0.39, 0.29) is 11.9 Å². The van der Waals surface area contributed by atoms with E-state index in [1.807, 2.05) is 24.3 Å². The van der Waals surface area contributed by atoms with Gasteiger partial charge in [-0.3, -0.25) is 4.79 Å². The molecule has 0 aliphatic heterocycles. The molecule has 4 heteroatoms. The predicted molar refractivity (Wildman–Crippen MR) is 95.8 cm³/mol. The minimum atomic E-state index is -0.183. The molecule has 4 nitrogen and oxygen atoms in total. The summed E-state index contributed by atoms with van der Waals surface area (Å²) in [6.07, 6.45) is 10.7. The molecule has 25 heavy (non-hydrogen) atoms. The molecule has 1 aromatic heterocycles. The van der Waals surface area contributed by atoms with E-state index in [0.717, 1.165) is 23.1 Å². The van der Waals surface area contributed by atoms with Gasteiger partial charge in [0.25, 0.3) is 0 Å². The number of methoxy groups -OCH3 is 1. The zero-order chi connectivity index (χ0) is 17.5. The molecule has 1 atom stereocenters. The molecule has 2 aromatic rings. The Kier molecular flexibility index (Phi) is 5.79. The maximum Gasteiger partial charge on any atom is 0.313 e. The molecule has 0 spiro atoms. The fourth-order valence-corrected chi connectivity index (χ4v) is 3.40. The number of rotatable bonds is 4. The molecule has 1 aliphatic carbocycles. The van der Waals surface area contributed by atoms with E-state index in [2.05, 4.69) is 21.8 Å². The zero-order valence-electron chi connectivity index (χ0n) is 14.4. The van der Waals surface area contributed by atoms with Gasteiger partial charge in [0.15, 0.2) is 0 Å². The molecule has 0 bridgehead atoms. The van der Waals surface area contributed by atoms with Crippen LogP contribution in [0.5, 0.6) is 0 Å². The highest BCUT2D eigenvalue weighted by Crippen LogP contribution is 2.34. The van der Waals surface area contributed by atoms with Crippen molar-refractivity contribution in [1.82, 2.24) is 9.97 Å². The summed E-state index contributed by atoms with van der Waals surface area (Å²) in [4.78, 5) is 20.1. The van der Waals surface area contributed by atoms with Gasteiger partial charge in [-0.25, -0.2) is 9.97 Å². The third-order valence-corrected chi connectivity index (χ3v) is 4.75. The van der Waals surface area contributed by atoms with E-state index in [1.165, 1.54) is 39.1 Å². The number of carbonyl (C=O) groups excluding carboxylic acids is 1. The van der Waals surface area contributed by atoms with Gasteiger partial charge in [-0.2, -0.15) is 0 Å². The minimum absolute atomic E-state index is 0.146. The summed E-state index contributed by atoms with van der Waals surface area (Å²) in [5.41, 5.74) is 2.68. The largest absolute Gasteiger partial charge is 0.469 e. The number of esters is 1. The van der Waals surface area contributed by atoms with Crippen LogP contribution in [0.2, 0.25) is 0 Å². The van der Waals surface area contributed by atoms with Gasteiger partial charge in [0.1, 0.15) is 6.33 Å². The van der Waals surface area contributed by atoms with Crippen molar-refractivity contribution in [3.63, 3.8) is 0 Å². The Morgan fingerprint density at radius 1 is 1.12 bits per heavy atom. The van der Waals surface area contributed by atoms with Gasteiger partial charge in [-0.1, -0.05) is 49.7 Å². The van der Waals surface area contributed by atoms with Crippen LogP contribution < -0.4 is 0 Å². The van der Waals surface area contributed by atoms with Crippen molar-refractivity contribution in [1.29, 1.82) is 0 Å². The highest BCUT2D eigenvalue weighted by molar-refractivity contribution is 5.78. The number of hydrogen-bond donors (Lipinski definition) is 0. The summed E-state index contributed by atoms with van der Waals surface area (Å²) >= 11 is 0. The normalized spacial score (nSPS) is 15.2. The van der Waals surface area contributed by atoms with E-state index in [1.54, 1.807) is 12.4 Å². The summed E-state index contributed by atoms with van der Waals surface area (Å²) in [7, 11) is 1.46. The van der Waals surface area contributed by atoms with Gasteiger partial charge < -0.3 is 4.74 Å². The van der Waals surface area contributed by atoms with Crippen LogP contribution in [0.3, 0.4) is 0 Å². The molecule has 1 aromatic carbocycles. The summed E-state index contributed by atoms with van der Waals surface area (Å²) in [6, 6.07) is 7.89. The Labute approximate surface area is 148 Å². The third-order valence-electron chi connectivity index (χ3n) is 4.75. The monoisotopic (exact) mass is 334 g/mol. The van der Waals surface area contributed by atoms with Gasteiger partial charge in [0.05, 0.1) is 18.6 Å².